The standard InChI is InChI=1S/C15H15N.C14H13NO.CH4/c1-10-6-7-12-11(9-10)14-13(15(12,2)3)5-4-8-16-14;1-14(2)11-6-5-9(16)8-10(11)13-12(14)4-3-7-15-13;/h4-9H,1-3H3;3-8,16H,1-2H3;1H4. The number of benzene rings is 2. The van der Waals surface area contributed by atoms with E-state index in [-0.39, 0.29) is 18.3 Å². The second kappa shape index (κ2) is 7.84. The van der Waals surface area contributed by atoms with E-state index in [1.807, 2.05) is 24.4 Å². The molecule has 2 heterocycles. The number of phenols is 1. The molecule has 0 radical (unpaired) electrons. The molecular formula is C30H32N2O. The van der Waals surface area contributed by atoms with Gasteiger partial charge >= 0.3 is 0 Å². The van der Waals surface area contributed by atoms with Crippen LogP contribution in [-0.2, 0) is 10.8 Å². The van der Waals surface area contributed by atoms with Crippen molar-refractivity contribution < 1.29 is 5.11 Å². The highest BCUT2D eigenvalue weighted by atomic mass is 16.3. The van der Waals surface area contributed by atoms with Gasteiger partial charge in [-0.25, -0.2) is 0 Å². The lowest BCUT2D eigenvalue weighted by atomic mass is 9.83. The van der Waals surface area contributed by atoms with Crippen LogP contribution in [0, 0.1) is 6.92 Å². The van der Waals surface area contributed by atoms with Crippen molar-refractivity contribution in [1.29, 1.82) is 0 Å². The third kappa shape index (κ3) is 3.43. The summed E-state index contributed by atoms with van der Waals surface area (Å²) in [5, 5.41) is 9.56. The number of phenolic OH excluding ortho intramolecular Hbond substituents is 1. The summed E-state index contributed by atoms with van der Waals surface area (Å²) in [5.74, 6) is 0.299. The van der Waals surface area contributed by atoms with Gasteiger partial charge in [0.05, 0.1) is 11.4 Å². The lowest BCUT2D eigenvalue weighted by molar-refractivity contribution is 0.475. The maximum Gasteiger partial charge on any atom is 0.116 e. The van der Waals surface area contributed by atoms with Gasteiger partial charge in [0.25, 0.3) is 0 Å². The smallest absolute Gasteiger partial charge is 0.116 e. The first kappa shape index (κ1) is 22.7. The summed E-state index contributed by atoms with van der Waals surface area (Å²) in [7, 11) is 0. The summed E-state index contributed by atoms with van der Waals surface area (Å²) in [6.45, 7) is 11.1. The Labute approximate surface area is 197 Å². The second-order valence-electron chi connectivity index (χ2n) is 9.83. The topological polar surface area (TPSA) is 46.0 Å². The van der Waals surface area contributed by atoms with E-state index in [0.29, 0.717) is 5.75 Å². The van der Waals surface area contributed by atoms with Crippen LogP contribution in [0.25, 0.3) is 22.5 Å². The minimum atomic E-state index is -0.0212. The Morgan fingerprint density at radius 1 is 0.636 bits per heavy atom. The summed E-state index contributed by atoms with van der Waals surface area (Å²) in [6, 6.07) is 20.5. The highest BCUT2D eigenvalue weighted by Gasteiger charge is 2.37. The van der Waals surface area contributed by atoms with Crippen LogP contribution in [0.2, 0.25) is 0 Å². The summed E-state index contributed by atoms with van der Waals surface area (Å²) in [6.07, 6.45) is 3.68. The number of nitrogens with zero attached hydrogens (tertiary/aromatic N) is 2. The van der Waals surface area contributed by atoms with Crippen molar-refractivity contribution in [3.05, 3.63) is 101 Å². The van der Waals surface area contributed by atoms with Gasteiger partial charge in [0, 0.05) is 34.4 Å². The molecule has 3 nitrogen and oxygen atoms in total. The minimum absolute atomic E-state index is 0. The maximum atomic E-state index is 9.56. The highest BCUT2D eigenvalue weighted by molar-refractivity contribution is 5.79. The van der Waals surface area contributed by atoms with Crippen LogP contribution in [0.15, 0.2) is 73.1 Å². The second-order valence-corrected chi connectivity index (χ2v) is 9.83. The van der Waals surface area contributed by atoms with Crippen LogP contribution in [0.1, 0.15) is 62.9 Å². The molecule has 6 rings (SSSR count). The van der Waals surface area contributed by atoms with Crippen LogP contribution >= 0.6 is 0 Å². The molecule has 0 bridgehead atoms. The molecule has 0 spiro atoms. The largest absolute Gasteiger partial charge is 0.508 e. The van der Waals surface area contributed by atoms with Crippen molar-refractivity contribution in [2.45, 2.75) is 52.9 Å². The monoisotopic (exact) mass is 436 g/mol. The Kier molecular flexibility index (Phi) is 5.40. The average Bonchev–Trinajstić information content (AvgIpc) is 3.14. The van der Waals surface area contributed by atoms with Crippen LogP contribution < -0.4 is 0 Å². The molecule has 2 aromatic carbocycles. The molecule has 0 aliphatic heterocycles. The van der Waals surface area contributed by atoms with Crippen LogP contribution in [0.5, 0.6) is 5.75 Å². The van der Waals surface area contributed by atoms with E-state index < -0.39 is 0 Å². The Balaban J connectivity index is 0.000000152. The lowest BCUT2D eigenvalue weighted by Gasteiger charge is -2.20. The highest BCUT2D eigenvalue weighted by Crippen LogP contribution is 2.48. The quantitative estimate of drug-likeness (QED) is 0.312. The molecule has 2 aliphatic carbocycles. The van der Waals surface area contributed by atoms with E-state index in [0.717, 1.165) is 17.0 Å². The fourth-order valence-electron chi connectivity index (χ4n) is 5.21. The number of pyridine rings is 2. The summed E-state index contributed by atoms with van der Waals surface area (Å²) in [4.78, 5) is 8.96. The maximum absolute atomic E-state index is 9.56. The van der Waals surface area contributed by atoms with Gasteiger partial charge in [0.1, 0.15) is 5.75 Å². The summed E-state index contributed by atoms with van der Waals surface area (Å²) < 4.78 is 0. The molecule has 0 atom stereocenters. The molecule has 1 N–H and O–H groups in total. The van der Waals surface area contributed by atoms with Gasteiger partial charge in [0.2, 0.25) is 0 Å². The SMILES string of the molecule is C.CC1(C)c2ccc(O)cc2-c2ncccc21.Cc1ccc2c(c1)-c1ncccc1C2(C)C. The van der Waals surface area contributed by atoms with Gasteiger partial charge in [-0.3, -0.25) is 9.97 Å². The first-order valence-corrected chi connectivity index (χ1v) is 11.1. The Hall–Kier alpha value is -3.46. The first-order chi connectivity index (χ1) is 15.2. The van der Waals surface area contributed by atoms with Crippen molar-refractivity contribution in [3.63, 3.8) is 0 Å². The van der Waals surface area contributed by atoms with Crippen LogP contribution in [0.4, 0.5) is 0 Å². The Bertz CT molecular complexity index is 1250. The molecule has 3 heteroatoms. The number of aromatic hydroxyl groups is 1. The number of hydrogen-bond donors (Lipinski definition) is 1. The van der Waals surface area contributed by atoms with Gasteiger partial charge in [-0.1, -0.05) is 71.0 Å². The first-order valence-electron chi connectivity index (χ1n) is 11.1. The normalized spacial score (nSPS) is 15.2. The fraction of sp³-hybridized carbons (Fsp3) is 0.267. The molecule has 0 saturated heterocycles. The molecule has 4 aromatic rings. The lowest BCUT2D eigenvalue weighted by Crippen LogP contribution is -2.14. The molecule has 2 aliphatic rings. The van der Waals surface area contributed by atoms with E-state index in [2.05, 4.69) is 74.9 Å². The fourth-order valence-corrected chi connectivity index (χ4v) is 5.21. The molecule has 168 valence electrons. The average molecular weight is 437 g/mol. The molecule has 0 amide bonds. The molecule has 0 fully saturated rings. The number of rotatable bonds is 0. The van der Waals surface area contributed by atoms with Crippen LogP contribution in [0.3, 0.4) is 0 Å². The van der Waals surface area contributed by atoms with Crippen molar-refractivity contribution >= 4 is 0 Å². The van der Waals surface area contributed by atoms with E-state index in [1.54, 1.807) is 18.3 Å². The van der Waals surface area contributed by atoms with Gasteiger partial charge in [0.15, 0.2) is 0 Å². The number of hydrogen-bond acceptors (Lipinski definition) is 3. The number of aromatic nitrogens is 2. The van der Waals surface area contributed by atoms with Gasteiger partial charge in [-0.15, -0.1) is 0 Å². The molecule has 2 aromatic heterocycles. The van der Waals surface area contributed by atoms with E-state index in [4.69, 9.17) is 0 Å². The zero-order valence-corrected chi connectivity index (χ0v) is 19.3. The Morgan fingerprint density at radius 3 is 1.67 bits per heavy atom. The third-order valence-corrected chi connectivity index (χ3v) is 7.00. The molecule has 0 saturated carbocycles. The van der Waals surface area contributed by atoms with Gasteiger partial charge in [-0.2, -0.15) is 0 Å². The van der Waals surface area contributed by atoms with E-state index in [9.17, 15) is 5.11 Å². The number of aryl methyl sites for hydroxylation is 1. The predicted octanol–water partition coefficient (Wildman–Crippen LogP) is 7.43. The Morgan fingerprint density at radius 2 is 1.12 bits per heavy atom. The van der Waals surface area contributed by atoms with E-state index in [1.165, 1.54) is 33.4 Å². The predicted molar refractivity (Wildman–Crippen MR) is 137 cm³/mol. The van der Waals surface area contributed by atoms with Crippen molar-refractivity contribution in [2.24, 2.45) is 0 Å². The zero-order valence-electron chi connectivity index (χ0n) is 19.3. The number of fused-ring (bicyclic) bond motifs is 6. The summed E-state index contributed by atoms with van der Waals surface area (Å²) in [5.41, 5.74) is 11.1. The van der Waals surface area contributed by atoms with Gasteiger partial charge < -0.3 is 5.11 Å². The third-order valence-electron chi connectivity index (χ3n) is 7.00. The molecular weight excluding hydrogens is 404 g/mol. The van der Waals surface area contributed by atoms with Crippen molar-refractivity contribution in [1.82, 2.24) is 9.97 Å². The summed E-state index contributed by atoms with van der Waals surface area (Å²) >= 11 is 0. The van der Waals surface area contributed by atoms with E-state index >= 15 is 0 Å². The molecule has 0 unspecified atom stereocenters. The van der Waals surface area contributed by atoms with Crippen molar-refractivity contribution in [3.8, 4) is 28.3 Å². The minimum Gasteiger partial charge on any atom is -0.508 e. The zero-order chi connectivity index (χ0) is 22.7. The molecule has 33 heavy (non-hydrogen) atoms. The van der Waals surface area contributed by atoms with Crippen LogP contribution in [-0.4, -0.2) is 15.1 Å². The van der Waals surface area contributed by atoms with Gasteiger partial charge in [-0.05, 0) is 59.5 Å². The van der Waals surface area contributed by atoms with Crippen molar-refractivity contribution in [2.75, 3.05) is 0 Å².